The van der Waals surface area contributed by atoms with Gasteiger partial charge < -0.3 is 9.88 Å². The van der Waals surface area contributed by atoms with Gasteiger partial charge in [-0.3, -0.25) is 4.79 Å². The molecule has 0 saturated heterocycles. The van der Waals surface area contributed by atoms with E-state index in [9.17, 15) is 9.18 Å². The molecule has 0 fully saturated rings. The average molecular weight is 247 g/mol. The highest BCUT2D eigenvalue weighted by Crippen LogP contribution is 2.11. The molecule has 0 aliphatic heterocycles. The van der Waals surface area contributed by atoms with E-state index in [0.29, 0.717) is 23.5 Å². The van der Waals surface area contributed by atoms with Gasteiger partial charge in [0.25, 0.3) is 5.91 Å². The zero-order valence-electron chi connectivity index (χ0n) is 10.3. The van der Waals surface area contributed by atoms with E-state index >= 15 is 0 Å². The van der Waals surface area contributed by atoms with Crippen molar-refractivity contribution in [1.82, 2.24) is 14.9 Å². The standard InChI is InChI=1S/C13H14FN3O/c1-9-3-4-10(7-11(9)14)13(18)17(2)8-12-15-5-6-16-12/h3-7H,8H2,1-2H3,(H,15,16). The molecule has 0 radical (unpaired) electrons. The maximum Gasteiger partial charge on any atom is 0.254 e. The SMILES string of the molecule is Cc1ccc(C(=O)N(C)Cc2ncc[nH]2)cc1F. The highest BCUT2D eigenvalue weighted by Gasteiger charge is 2.14. The van der Waals surface area contributed by atoms with Crippen LogP contribution in [0.15, 0.2) is 30.6 Å². The van der Waals surface area contributed by atoms with Crippen LogP contribution in [0.25, 0.3) is 0 Å². The minimum atomic E-state index is -0.368. The van der Waals surface area contributed by atoms with Gasteiger partial charge in [-0.15, -0.1) is 0 Å². The Hall–Kier alpha value is -2.17. The van der Waals surface area contributed by atoms with Gasteiger partial charge >= 0.3 is 0 Å². The topological polar surface area (TPSA) is 49.0 Å². The quantitative estimate of drug-likeness (QED) is 0.903. The molecule has 0 unspecified atom stereocenters. The molecule has 1 N–H and O–H groups in total. The van der Waals surface area contributed by atoms with Crippen LogP contribution in [0.1, 0.15) is 21.7 Å². The number of nitrogens with zero attached hydrogens (tertiary/aromatic N) is 2. The summed E-state index contributed by atoms with van der Waals surface area (Å²) in [6.45, 7) is 2.03. The normalized spacial score (nSPS) is 10.4. The van der Waals surface area contributed by atoms with Gasteiger partial charge in [0.1, 0.15) is 11.6 Å². The maximum atomic E-state index is 13.4. The Labute approximate surface area is 104 Å². The molecule has 1 amide bonds. The van der Waals surface area contributed by atoms with Crippen LogP contribution in [0.2, 0.25) is 0 Å². The van der Waals surface area contributed by atoms with Gasteiger partial charge in [-0.25, -0.2) is 9.37 Å². The van der Waals surface area contributed by atoms with Crippen molar-refractivity contribution in [2.45, 2.75) is 13.5 Å². The summed E-state index contributed by atoms with van der Waals surface area (Å²) in [6, 6.07) is 4.49. The van der Waals surface area contributed by atoms with Crippen LogP contribution in [-0.4, -0.2) is 27.8 Å². The number of carbonyl (C=O) groups excluding carboxylic acids is 1. The van der Waals surface area contributed by atoms with Gasteiger partial charge in [-0.1, -0.05) is 6.07 Å². The van der Waals surface area contributed by atoms with Gasteiger partial charge in [0.05, 0.1) is 6.54 Å². The van der Waals surface area contributed by atoms with Crippen LogP contribution >= 0.6 is 0 Å². The van der Waals surface area contributed by atoms with Crippen molar-refractivity contribution in [3.63, 3.8) is 0 Å². The van der Waals surface area contributed by atoms with Gasteiger partial charge in [0.2, 0.25) is 0 Å². The van der Waals surface area contributed by atoms with E-state index < -0.39 is 0 Å². The van der Waals surface area contributed by atoms with E-state index in [-0.39, 0.29) is 11.7 Å². The van der Waals surface area contributed by atoms with Crippen molar-refractivity contribution >= 4 is 5.91 Å². The number of nitrogens with one attached hydrogen (secondary N) is 1. The molecule has 0 aliphatic carbocycles. The predicted octanol–water partition coefficient (Wildman–Crippen LogP) is 2.13. The third kappa shape index (κ3) is 2.56. The lowest BCUT2D eigenvalue weighted by atomic mass is 10.1. The number of aromatic nitrogens is 2. The minimum absolute atomic E-state index is 0.231. The molecule has 18 heavy (non-hydrogen) atoms. The van der Waals surface area contributed by atoms with Crippen LogP contribution in [-0.2, 0) is 6.54 Å². The predicted molar refractivity (Wildman–Crippen MR) is 65.5 cm³/mol. The zero-order chi connectivity index (χ0) is 13.1. The summed E-state index contributed by atoms with van der Waals surface area (Å²) in [4.78, 5) is 20.5. The van der Waals surface area contributed by atoms with Crippen molar-refractivity contribution in [2.24, 2.45) is 0 Å². The molecule has 0 spiro atoms. The number of carbonyl (C=O) groups is 1. The van der Waals surface area contributed by atoms with Crippen molar-refractivity contribution in [3.05, 3.63) is 53.4 Å². The first-order valence-electron chi connectivity index (χ1n) is 5.58. The smallest absolute Gasteiger partial charge is 0.254 e. The number of hydrogen-bond acceptors (Lipinski definition) is 2. The van der Waals surface area contributed by atoms with E-state index in [2.05, 4.69) is 9.97 Å². The van der Waals surface area contributed by atoms with Gasteiger partial charge in [-0.2, -0.15) is 0 Å². The van der Waals surface area contributed by atoms with Gasteiger partial charge in [-0.05, 0) is 24.6 Å². The molecule has 0 atom stereocenters. The lowest BCUT2D eigenvalue weighted by Gasteiger charge is -2.16. The Bertz CT molecular complexity index is 551. The maximum absolute atomic E-state index is 13.4. The van der Waals surface area contributed by atoms with Crippen molar-refractivity contribution in [3.8, 4) is 0 Å². The van der Waals surface area contributed by atoms with Gasteiger partial charge in [0, 0.05) is 25.0 Å². The molecule has 5 heteroatoms. The number of imidazole rings is 1. The van der Waals surface area contributed by atoms with E-state index in [1.807, 2.05) is 0 Å². The fraction of sp³-hybridized carbons (Fsp3) is 0.231. The zero-order valence-corrected chi connectivity index (χ0v) is 10.3. The van der Waals surface area contributed by atoms with Crippen LogP contribution < -0.4 is 0 Å². The van der Waals surface area contributed by atoms with E-state index in [0.717, 1.165) is 0 Å². The Morgan fingerprint density at radius 1 is 1.50 bits per heavy atom. The second kappa shape index (κ2) is 5.00. The number of halogens is 1. The van der Waals surface area contributed by atoms with Gasteiger partial charge in [0.15, 0.2) is 0 Å². The fourth-order valence-corrected chi connectivity index (χ4v) is 1.63. The summed E-state index contributed by atoms with van der Waals surface area (Å²) in [5.41, 5.74) is 0.868. The van der Waals surface area contributed by atoms with Crippen LogP contribution in [0.4, 0.5) is 4.39 Å². The van der Waals surface area contributed by atoms with E-state index in [4.69, 9.17) is 0 Å². The molecule has 94 valence electrons. The molecule has 0 bridgehead atoms. The summed E-state index contributed by atoms with van der Waals surface area (Å²) >= 11 is 0. The lowest BCUT2D eigenvalue weighted by molar-refractivity contribution is 0.0781. The molecule has 0 aliphatic rings. The summed E-state index contributed by atoms with van der Waals surface area (Å²) in [5, 5.41) is 0. The third-order valence-corrected chi connectivity index (χ3v) is 2.71. The second-order valence-corrected chi connectivity index (χ2v) is 4.16. The molecule has 1 aromatic heterocycles. The minimum Gasteiger partial charge on any atom is -0.347 e. The molecular weight excluding hydrogens is 233 g/mol. The number of aromatic amines is 1. The van der Waals surface area contributed by atoms with Crippen LogP contribution in [0.3, 0.4) is 0 Å². The molecule has 0 saturated carbocycles. The van der Waals surface area contributed by atoms with Crippen molar-refractivity contribution < 1.29 is 9.18 Å². The number of H-pyrrole nitrogens is 1. The van der Waals surface area contributed by atoms with Crippen molar-refractivity contribution in [1.29, 1.82) is 0 Å². The number of benzene rings is 1. The molecule has 2 rings (SSSR count). The first kappa shape index (κ1) is 12.3. The Balaban J connectivity index is 2.12. The first-order valence-corrected chi connectivity index (χ1v) is 5.58. The third-order valence-electron chi connectivity index (χ3n) is 2.71. The summed E-state index contributed by atoms with van der Waals surface area (Å²) in [5.74, 6) is 0.0935. The fourth-order valence-electron chi connectivity index (χ4n) is 1.63. The van der Waals surface area contributed by atoms with E-state index in [1.165, 1.54) is 11.0 Å². The highest BCUT2D eigenvalue weighted by atomic mass is 19.1. The molecule has 2 aromatic rings. The largest absolute Gasteiger partial charge is 0.347 e. The van der Waals surface area contributed by atoms with E-state index in [1.54, 1.807) is 38.5 Å². The Morgan fingerprint density at radius 3 is 2.89 bits per heavy atom. The first-order chi connectivity index (χ1) is 8.58. The summed E-state index contributed by atoms with van der Waals surface area (Å²) in [7, 11) is 1.66. The summed E-state index contributed by atoms with van der Waals surface area (Å²) in [6.07, 6.45) is 3.32. The highest BCUT2D eigenvalue weighted by molar-refractivity contribution is 5.94. The van der Waals surface area contributed by atoms with Crippen molar-refractivity contribution in [2.75, 3.05) is 7.05 Å². The average Bonchev–Trinajstić information content (AvgIpc) is 2.84. The number of rotatable bonds is 3. The molecule has 1 heterocycles. The van der Waals surface area contributed by atoms with Crippen LogP contribution in [0, 0.1) is 12.7 Å². The number of hydrogen-bond donors (Lipinski definition) is 1. The molecular formula is C13H14FN3O. The number of amides is 1. The molecule has 1 aromatic carbocycles. The Morgan fingerprint density at radius 2 is 2.28 bits per heavy atom. The monoisotopic (exact) mass is 247 g/mol. The summed E-state index contributed by atoms with van der Waals surface area (Å²) < 4.78 is 13.4. The lowest BCUT2D eigenvalue weighted by Crippen LogP contribution is -2.26. The van der Waals surface area contributed by atoms with Crippen LogP contribution in [0.5, 0.6) is 0 Å². The molecule has 4 nitrogen and oxygen atoms in total. The Kier molecular flexibility index (Phi) is 3.41. The number of aryl methyl sites for hydroxylation is 1. The second-order valence-electron chi connectivity index (χ2n) is 4.16.